The molecule has 0 saturated carbocycles. The topological polar surface area (TPSA) is 64.0 Å². The van der Waals surface area contributed by atoms with Crippen LogP contribution in [0.15, 0.2) is 76.7 Å². The van der Waals surface area contributed by atoms with Crippen LogP contribution in [-0.2, 0) is 11.8 Å². The van der Waals surface area contributed by atoms with Gasteiger partial charge in [0.15, 0.2) is 5.16 Å². The van der Waals surface area contributed by atoms with Gasteiger partial charge in [-0.3, -0.25) is 14.2 Å². The molecule has 1 heterocycles. The molecular formula is C24H23N3O2S. The van der Waals surface area contributed by atoms with Gasteiger partial charge in [-0.1, -0.05) is 73.3 Å². The van der Waals surface area contributed by atoms with Gasteiger partial charge >= 0.3 is 0 Å². The van der Waals surface area contributed by atoms with E-state index in [2.05, 4.69) is 29.4 Å². The fourth-order valence-corrected chi connectivity index (χ4v) is 4.22. The highest BCUT2D eigenvalue weighted by atomic mass is 32.2. The predicted molar refractivity (Wildman–Crippen MR) is 123 cm³/mol. The first kappa shape index (κ1) is 20.2. The van der Waals surface area contributed by atoms with Gasteiger partial charge in [0.2, 0.25) is 5.91 Å². The molecule has 1 atom stereocenters. The third-order valence-electron chi connectivity index (χ3n) is 5.21. The number of fused-ring (bicyclic) bond motifs is 2. The first-order chi connectivity index (χ1) is 14.5. The van der Waals surface area contributed by atoms with Crippen LogP contribution >= 0.6 is 11.8 Å². The van der Waals surface area contributed by atoms with E-state index in [0.29, 0.717) is 22.6 Å². The van der Waals surface area contributed by atoms with E-state index in [9.17, 15) is 9.59 Å². The monoisotopic (exact) mass is 417 g/mol. The normalized spacial score (nSPS) is 12.2. The van der Waals surface area contributed by atoms with Crippen LogP contribution in [-0.4, -0.2) is 27.8 Å². The van der Waals surface area contributed by atoms with E-state index in [0.717, 1.165) is 10.8 Å². The van der Waals surface area contributed by atoms with Gasteiger partial charge in [0.1, 0.15) is 0 Å². The molecule has 0 aliphatic rings. The molecule has 3 aromatic carbocycles. The summed E-state index contributed by atoms with van der Waals surface area (Å²) in [6, 6.07) is 21.8. The molecule has 4 aromatic rings. The molecule has 6 heteroatoms. The zero-order valence-corrected chi connectivity index (χ0v) is 17.8. The molecule has 0 saturated heterocycles. The Labute approximate surface area is 179 Å². The van der Waals surface area contributed by atoms with Crippen LogP contribution in [0.3, 0.4) is 0 Å². The van der Waals surface area contributed by atoms with Crippen LogP contribution in [0.25, 0.3) is 21.7 Å². The Balaban J connectivity index is 1.47. The average molecular weight is 418 g/mol. The summed E-state index contributed by atoms with van der Waals surface area (Å²) in [7, 11) is 1.70. The second-order valence-electron chi connectivity index (χ2n) is 7.38. The van der Waals surface area contributed by atoms with Crippen LogP contribution in [0.2, 0.25) is 0 Å². The maximum absolute atomic E-state index is 12.8. The van der Waals surface area contributed by atoms with Crippen molar-refractivity contribution < 1.29 is 4.79 Å². The van der Waals surface area contributed by atoms with Gasteiger partial charge in [-0.2, -0.15) is 0 Å². The van der Waals surface area contributed by atoms with Gasteiger partial charge in [0, 0.05) is 13.6 Å². The van der Waals surface area contributed by atoms with Crippen molar-refractivity contribution in [1.29, 1.82) is 0 Å². The van der Waals surface area contributed by atoms with Crippen LogP contribution in [0.4, 0.5) is 0 Å². The lowest BCUT2D eigenvalue weighted by Gasteiger charge is -2.13. The molecule has 0 aliphatic carbocycles. The quantitative estimate of drug-likeness (QED) is 0.291. The van der Waals surface area contributed by atoms with E-state index in [-0.39, 0.29) is 23.1 Å². The maximum Gasteiger partial charge on any atom is 0.261 e. The van der Waals surface area contributed by atoms with Crippen molar-refractivity contribution in [2.75, 3.05) is 12.3 Å². The van der Waals surface area contributed by atoms with Crippen molar-refractivity contribution in [1.82, 2.24) is 14.9 Å². The molecule has 0 spiro atoms. The maximum atomic E-state index is 12.8. The Kier molecular flexibility index (Phi) is 5.86. The summed E-state index contributed by atoms with van der Waals surface area (Å²) in [6.07, 6.45) is 0. The molecule has 152 valence electrons. The highest BCUT2D eigenvalue weighted by Crippen LogP contribution is 2.22. The predicted octanol–water partition coefficient (Wildman–Crippen LogP) is 4.10. The van der Waals surface area contributed by atoms with Crippen molar-refractivity contribution in [3.63, 3.8) is 0 Å². The standard InChI is InChI=1S/C24H23N3O2S/c1-16(17-8-4-3-5-9-17)14-25-22(28)15-30-24-26-21-13-19-11-7-6-10-18(19)12-20(21)23(29)27(24)2/h3-13,16H,14-15H2,1-2H3,(H,25,28)/t16-/m0/s1. The minimum Gasteiger partial charge on any atom is -0.355 e. The molecule has 30 heavy (non-hydrogen) atoms. The molecule has 0 unspecified atom stereocenters. The van der Waals surface area contributed by atoms with Crippen molar-refractivity contribution in [3.8, 4) is 0 Å². The first-order valence-electron chi connectivity index (χ1n) is 9.87. The van der Waals surface area contributed by atoms with Gasteiger partial charge in [0.25, 0.3) is 5.56 Å². The minimum absolute atomic E-state index is 0.0735. The molecule has 0 radical (unpaired) electrons. The Hall–Kier alpha value is -3.12. The number of hydrogen-bond donors (Lipinski definition) is 1. The molecule has 1 aromatic heterocycles. The Morgan fingerprint density at radius 2 is 1.73 bits per heavy atom. The molecule has 1 N–H and O–H groups in total. The number of hydrogen-bond acceptors (Lipinski definition) is 4. The Morgan fingerprint density at radius 1 is 1.07 bits per heavy atom. The second-order valence-corrected chi connectivity index (χ2v) is 8.32. The smallest absolute Gasteiger partial charge is 0.261 e. The number of rotatable bonds is 6. The Bertz CT molecular complexity index is 1270. The SMILES string of the molecule is C[C@@H](CNC(=O)CSc1nc2cc3ccccc3cc2c(=O)n1C)c1ccccc1. The van der Waals surface area contributed by atoms with E-state index in [1.165, 1.54) is 21.9 Å². The van der Waals surface area contributed by atoms with Gasteiger partial charge in [-0.05, 0) is 34.4 Å². The van der Waals surface area contributed by atoms with E-state index >= 15 is 0 Å². The van der Waals surface area contributed by atoms with Crippen molar-refractivity contribution in [2.24, 2.45) is 7.05 Å². The Morgan fingerprint density at radius 3 is 2.47 bits per heavy atom. The number of aromatic nitrogens is 2. The fourth-order valence-electron chi connectivity index (χ4n) is 3.41. The van der Waals surface area contributed by atoms with Crippen LogP contribution < -0.4 is 10.9 Å². The molecule has 4 rings (SSSR count). The highest BCUT2D eigenvalue weighted by Gasteiger charge is 2.13. The number of nitrogens with zero attached hydrogens (tertiary/aromatic N) is 2. The van der Waals surface area contributed by atoms with Gasteiger partial charge in [-0.15, -0.1) is 0 Å². The highest BCUT2D eigenvalue weighted by molar-refractivity contribution is 7.99. The van der Waals surface area contributed by atoms with Gasteiger partial charge in [0.05, 0.1) is 16.7 Å². The fraction of sp³-hybridized carbons (Fsp3) is 0.208. The first-order valence-corrected chi connectivity index (χ1v) is 10.9. The molecule has 0 aliphatic heterocycles. The average Bonchev–Trinajstić information content (AvgIpc) is 2.78. The molecule has 1 amide bonds. The molecular weight excluding hydrogens is 394 g/mol. The van der Waals surface area contributed by atoms with E-state index in [4.69, 9.17) is 0 Å². The number of thioether (sulfide) groups is 1. The van der Waals surface area contributed by atoms with Gasteiger partial charge in [-0.25, -0.2) is 4.98 Å². The van der Waals surface area contributed by atoms with Crippen LogP contribution in [0, 0.1) is 0 Å². The lowest BCUT2D eigenvalue weighted by atomic mass is 10.0. The second kappa shape index (κ2) is 8.71. The summed E-state index contributed by atoms with van der Waals surface area (Å²) in [5.74, 6) is 0.369. The van der Waals surface area contributed by atoms with Gasteiger partial charge < -0.3 is 5.32 Å². The van der Waals surface area contributed by atoms with E-state index in [1.807, 2.05) is 54.6 Å². The van der Waals surface area contributed by atoms with Crippen LogP contribution in [0.5, 0.6) is 0 Å². The molecule has 5 nitrogen and oxygen atoms in total. The lowest BCUT2D eigenvalue weighted by molar-refractivity contribution is -0.118. The van der Waals surface area contributed by atoms with Crippen LogP contribution in [0.1, 0.15) is 18.4 Å². The minimum atomic E-state index is -0.105. The number of carbonyl (C=O) groups excluding carboxylic acids is 1. The summed E-state index contributed by atoms with van der Waals surface area (Å²) in [4.78, 5) is 29.8. The zero-order chi connectivity index (χ0) is 21.1. The molecule has 0 bridgehead atoms. The number of carbonyl (C=O) groups is 1. The van der Waals surface area contributed by atoms with Crippen molar-refractivity contribution in [3.05, 3.63) is 82.6 Å². The van der Waals surface area contributed by atoms with Crippen molar-refractivity contribution >= 4 is 39.3 Å². The van der Waals surface area contributed by atoms with E-state index in [1.54, 1.807) is 7.05 Å². The largest absolute Gasteiger partial charge is 0.355 e. The molecule has 0 fully saturated rings. The number of amides is 1. The number of nitrogens with one attached hydrogen (secondary N) is 1. The summed E-state index contributed by atoms with van der Waals surface area (Å²) < 4.78 is 1.52. The van der Waals surface area contributed by atoms with E-state index < -0.39 is 0 Å². The summed E-state index contributed by atoms with van der Waals surface area (Å²) in [5.41, 5.74) is 1.74. The third kappa shape index (κ3) is 4.24. The van der Waals surface area contributed by atoms with Crippen molar-refractivity contribution in [2.45, 2.75) is 18.0 Å². The third-order valence-corrected chi connectivity index (χ3v) is 6.24. The lowest BCUT2D eigenvalue weighted by Crippen LogP contribution is -2.29. The summed E-state index contributed by atoms with van der Waals surface area (Å²) in [5, 5.41) is 6.14. The number of benzene rings is 3. The zero-order valence-electron chi connectivity index (χ0n) is 17.0. The summed E-state index contributed by atoms with van der Waals surface area (Å²) >= 11 is 1.28. The summed E-state index contributed by atoms with van der Waals surface area (Å²) in [6.45, 7) is 2.65.